The van der Waals surface area contributed by atoms with E-state index in [0.717, 1.165) is 6.07 Å². The summed E-state index contributed by atoms with van der Waals surface area (Å²) in [5.41, 5.74) is 5.97. The van der Waals surface area contributed by atoms with Crippen LogP contribution in [-0.2, 0) is 16.5 Å². The van der Waals surface area contributed by atoms with Crippen LogP contribution in [0.1, 0.15) is 5.56 Å². The third kappa shape index (κ3) is 2.20. The molecule has 0 radical (unpaired) electrons. The Bertz CT molecular complexity index is 354. The quantitative estimate of drug-likeness (QED) is 0.526. The monoisotopic (exact) mass is 189 g/mol. The second kappa shape index (κ2) is 3.53. The van der Waals surface area contributed by atoms with Crippen molar-refractivity contribution >= 4 is 16.4 Å². The van der Waals surface area contributed by atoms with Gasteiger partial charge in [-0.1, -0.05) is 6.07 Å². The Labute approximate surface area is 71.0 Å². The zero-order valence-corrected chi connectivity index (χ0v) is 7.05. The van der Waals surface area contributed by atoms with Gasteiger partial charge < -0.3 is 5.73 Å². The first-order valence-electron chi connectivity index (χ1n) is 3.25. The molecule has 0 aromatic heterocycles. The highest BCUT2D eigenvalue weighted by Gasteiger charge is 2.00. The summed E-state index contributed by atoms with van der Waals surface area (Å²) in [5, 5.41) is 0. The van der Waals surface area contributed by atoms with Crippen LogP contribution in [-0.4, -0.2) is 8.42 Å². The molecule has 0 saturated heterocycles. The molecule has 0 aliphatic carbocycles. The largest absolute Gasteiger partial charge is 0.398 e. The Balaban J connectivity index is 3.01. The van der Waals surface area contributed by atoms with Gasteiger partial charge in [-0.2, -0.15) is 0 Å². The number of thiol groups is 1. The first-order valence-corrected chi connectivity index (χ1v) is 4.61. The number of rotatable bonds is 2. The third-order valence-corrected chi connectivity index (χ3v) is 2.01. The zero-order chi connectivity index (χ0) is 9.14. The summed E-state index contributed by atoms with van der Waals surface area (Å²) in [6.07, 6.45) is 0. The van der Waals surface area contributed by atoms with Crippen molar-refractivity contribution in [3.8, 4) is 0 Å². The molecule has 0 bridgehead atoms. The minimum Gasteiger partial charge on any atom is -0.398 e. The second-order valence-electron chi connectivity index (χ2n) is 2.33. The van der Waals surface area contributed by atoms with Crippen molar-refractivity contribution in [2.45, 2.75) is 5.75 Å². The maximum atomic E-state index is 12.5. The average Bonchev–Trinajstić information content (AvgIpc) is 1.94. The molecular weight excluding hydrogens is 181 g/mol. The van der Waals surface area contributed by atoms with Gasteiger partial charge in [0, 0.05) is 5.69 Å². The Morgan fingerprint density at radius 1 is 1.42 bits per heavy atom. The SMILES string of the molecule is Nc1cc(F)ccc1C[SH](=O)=O. The van der Waals surface area contributed by atoms with Gasteiger partial charge >= 0.3 is 0 Å². The lowest BCUT2D eigenvalue weighted by molar-refractivity contribution is 0.613. The summed E-state index contributed by atoms with van der Waals surface area (Å²) < 4.78 is 33.0. The number of hydrogen-bond acceptors (Lipinski definition) is 3. The van der Waals surface area contributed by atoms with Crippen molar-refractivity contribution < 1.29 is 12.8 Å². The van der Waals surface area contributed by atoms with E-state index < -0.39 is 16.5 Å². The fraction of sp³-hybridized carbons (Fsp3) is 0.143. The first kappa shape index (κ1) is 8.99. The van der Waals surface area contributed by atoms with E-state index in [1.54, 1.807) is 0 Å². The standard InChI is InChI=1S/C7H8FNO2S/c8-6-2-1-5(4-12(10)11)7(9)3-6/h1-3,12H,4,9H2. The van der Waals surface area contributed by atoms with Gasteiger partial charge in [-0.15, -0.1) is 0 Å². The summed E-state index contributed by atoms with van der Waals surface area (Å²) in [6, 6.07) is 3.66. The van der Waals surface area contributed by atoms with Crippen molar-refractivity contribution in [3.63, 3.8) is 0 Å². The van der Waals surface area contributed by atoms with E-state index in [2.05, 4.69) is 0 Å². The molecule has 0 unspecified atom stereocenters. The number of hydrogen-bond donors (Lipinski definition) is 2. The molecule has 1 aromatic rings. The van der Waals surface area contributed by atoms with E-state index in [-0.39, 0.29) is 11.4 Å². The lowest BCUT2D eigenvalue weighted by Crippen LogP contribution is -1.95. The fourth-order valence-electron chi connectivity index (χ4n) is 0.849. The molecule has 0 spiro atoms. The average molecular weight is 189 g/mol. The molecule has 12 heavy (non-hydrogen) atoms. The van der Waals surface area contributed by atoms with Crippen molar-refractivity contribution in [3.05, 3.63) is 29.6 Å². The molecule has 0 amide bonds. The maximum absolute atomic E-state index is 12.5. The molecule has 2 N–H and O–H groups in total. The number of anilines is 1. The van der Waals surface area contributed by atoms with E-state index in [4.69, 9.17) is 5.73 Å². The van der Waals surface area contributed by atoms with Gasteiger partial charge in [-0.25, -0.2) is 12.8 Å². The molecule has 0 aliphatic rings. The second-order valence-corrected chi connectivity index (χ2v) is 3.32. The predicted molar refractivity (Wildman–Crippen MR) is 44.8 cm³/mol. The van der Waals surface area contributed by atoms with Crippen molar-refractivity contribution in [2.24, 2.45) is 0 Å². The highest BCUT2D eigenvalue weighted by molar-refractivity contribution is 7.71. The van der Waals surface area contributed by atoms with E-state index in [0.29, 0.717) is 5.56 Å². The summed E-state index contributed by atoms with van der Waals surface area (Å²) in [6.45, 7) is 0. The van der Waals surface area contributed by atoms with Crippen molar-refractivity contribution in [1.82, 2.24) is 0 Å². The van der Waals surface area contributed by atoms with Gasteiger partial charge in [0.25, 0.3) is 0 Å². The van der Waals surface area contributed by atoms with Crippen LogP contribution >= 0.6 is 0 Å². The predicted octanol–water partition coefficient (Wildman–Crippen LogP) is 0.519. The molecule has 1 rings (SSSR count). The Morgan fingerprint density at radius 2 is 2.08 bits per heavy atom. The van der Waals surface area contributed by atoms with Gasteiger partial charge in [-0.3, -0.25) is 0 Å². The van der Waals surface area contributed by atoms with Gasteiger partial charge in [0.05, 0.1) is 5.75 Å². The summed E-state index contributed by atoms with van der Waals surface area (Å²) in [7, 11) is -2.51. The summed E-state index contributed by atoms with van der Waals surface area (Å²) in [4.78, 5) is 0. The number of nitrogens with two attached hydrogens (primary N) is 1. The summed E-state index contributed by atoms with van der Waals surface area (Å²) in [5.74, 6) is -0.598. The molecule has 0 atom stereocenters. The van der Waals surface area contributed by atoms with Crippen LogP contribution < -0.4 is 5.73 Å². The minimum atomic E-state index is -2.51. The number of halogens is 1. The van der Waals surface area contributed by atoms with Gasteiger partial charge in [0.15, 0.2) is 0 Å². The lowest BCUT2D eigenvalue weighted by Gasteiger charge is -2.00. The van der Waals surface area contributed by atoms with Crippen LogP contribution in [0.3, 0.4) is 0 Å². The smallest absolute Gasteiger partial charge is 0.144 e. The highest BCUT2D eigenvalue weighted by Crippen LogP contribution is 2.13. The van der Waals surface area contributed by atoms with Crippen LogP contribution in [0.4, 0.5) is 10.1 Å². The minimum absolute atomic E-state index is 0.137. The van der Waals surface area contributed by atoms with Crippen LogP contribution in [0.25, 0.3) is 0 Å². The maximum Gasteiger partial charge on any atom is 0.144 e. The van der Waals surface area contributed by atoms with Crippen LogP contribution in [0.15, 0.2) is 18.2 Å². The molecule has 1 aromatic carbocycles. The lowest BCUT2D eigenvalue weighted by atomic mass is 10.2. The molecule has 0 fully saturated rings. The molecular formula is C7H8FNO2S. The highest BCUT2D eigenvalue weighted by atomic mass is 32.2. The number of benzene rings is 1. The molecule has 0 aliphatic heterocycles. The first-order chi connectivity index (χ1) is 5.59. The Morgan fingerprint density at radius 3 is 2.58 bits per heavy atom. The fourth-order valence-corrected chi connectivity index (χ4v) is 1.42. The van der Waals surface area contributed by atoms with Crippen molar-refractivity contribution in [1.29, 1.82) is 0 Å². The van der Waals surface area contributed by atoms with Gasteiger partial charge in [0.2, 0.25) is 0 Å². The van der Waals surface area contributed by atoms with E-state index in [1.165, 1.54) is 12.1 Å². The number of nitrogen functional groups attached to an aromatic ring is 1. The zero-order valence-electron chi connectivity index (χ0n) is 6.16. The van der Waals surface area contributed by atoms with Gasteiger partial charge in [-0.05, 0) is 17.7 Å². The summed E-state index contributed by atoms with van der Waals surface area (Å²) >= 11 is 0. The molecule has 3 nitrogen and oxygen atoms in total. The topological polar surface area (TPSA) is 60.2 Å². The van der Waals surface area contributed by atoms with Crippen LogP contribution in [0.5, 0.6) is 0 Å². The van der Waals surface area contributed by atoms with Crippen molar-refractivity contribution in [2.75, 3.05) is 5.73 Å². The molecule has 66 valence electrons. The third-order valence-electron chi connectivity index (χ3n) is 1.41. The molecule has 5 heteroatoms. The van der Waals surface area contributed by atoms with E-state index in [9.17, 15) is 12.8 Å². The van der Waals surface area contributed by atoms with E-state index in [1.807, 2.05) is 0 Å². The van der Waals surface area contributed by atoms with Gasteiger partial charge in [0.1, 0.15) is 16.5 Å². The van der Waals surface area contributed by atoms with Crippen LogP contribution in [0, 0.1) is 5.82 Å². The molecule has 0 saturated carbocycles. The normalized spacial score (nSPS) is 10.5. The van der Waals surface area contributed by atoms with E-state index >= 15 is 0 Å². The Kier molecular flexibility index (Phi) is 2.65. The Hall–Kier alpha value is -1.10. The van der Waals surface area contributed by atoms with Crippen LogP contribution in [0.2, 0.25) is 0 Å². The molecule has 0 heterocycles.